The van der Waals surface area contributed by atoms with Gasteiger partial charge in [0.15, 0.2) is 0 Å². The van der Waals surface area contributed by atoms with Gasteiger partial charge in [-0.25, -0.2) is 4.79 Å². The number of hydrogen-bond acceptors (Lipinski definition) is 3. The number of anilines is 1. The average molecular weight is 348 g/mol. The van der Waals surface area contributed by atoms with Gasteiger partial charge in [0.25, 0.3) is 0 Å². The molecule has 5 heteroatoms. The number of benzene rings is 1. The number of nitrogens with zero attached hydrogens (tertiary/aromatic N) is 2. The van der Waals surface area contributed by atoms with E-state index in [4.69, 9.17) is 0 Å². The summed E-state index contributed by atoms with van der Waals surface area (Å²) in [5, 5.41) is 3.12. The highest BCUT2D eigenvalue weighted by molar-refractivity contribution is 7.99. The minimum Gasteiger partial charge on any atom is -0.319 e. The molecule has 0 aromatic heterocycles. The summed E-state index contributed by atoms with van der Waals surface area (Å²) < 4.78 is 0. The van der Waals surface area contributed by atoms with Crippen molar-refractivity contribution in [3.8, 4) is 0 Å². The third-order valence-electron chi connectivity index (χ3n) is 5.13. The maximum atomic E-state index is 12.9. The minimum atomic E-state index is 0.0601. The molecule has 132 valence electrons. The molecule has 24 heavy (non-hydrogen) atoms. The number of likely N-dealkylation sites (tertiary alicyclic amines) is 1. The van der Waals surface area contributed by atoms with Crippen LogP contribution in [0.4, 0.5) is 10.5 Å². The molecule has 0 spiro atoms. The molecule has 0 saturated carbocycles. The fraction of sp³-hybridized carbons (Fsp3) is 0.632. The first-order valence-corrected chi connectivity index (χ1v) is 10.2. The van der Waals surface area contributed by atoms with Crippen molar-refractivity contribution < 1.29 is 4.79 Å². The molecule has 1 unspecified atom stereocenters. The van der Waals surface area contributed by atoms with E-state index in [0.717, 1.165) is 36.7 Å². The molecule has 2 saturated heterocycles. The summed E-state index contributed by atoms with van der Waals surface area (Å²) in [6.07, 6.45) is 3.69. The van der Waals surface area contributed by atoms with Crippen molar-refractivity contribution in [2.45, 2.75) is 39.2 Å². The van der Waals surface area contributed by atoms with E-state index in [2.05, 4.69) is 41.1 Å². The minimum absolute atomic E-state index is 0.0601. The lowest BCUT2D eigenvalue weighted by atomic mass is 10.1. The second kappa shape index (κ2) is 8.26. The van der Waals surface area contributed by atoms with Gasteiger partial charge in [0.05, 0.1) is 6.04 Å². The zero-order valence-corrected chi connectivity index (χ0v) is 15.7. The lowest BCUT2D eigenvalue weighted by Gasteiger charge is -2.32. The molecule has 2 aliphatic heterocycles. The van der Waals surface area contributed by atoms with Crippen molar-refractivity contribution in [3.63, 3.8) is 0 Å². The number of urea groups is 1. The molecular formula is C19H29N3OS. The van der Waals surface area contributed by atoms with Crippen LogP contribution in [0.15, 0.2) is 18.2 Å². The van der Waals surface area contributed by atoms with Gasteiger partial charge >= 0.3 is 6.03 Å². The second-order valence-corrected chi connectivity index (χ2v) is 8.16. The van der Waals surface area contributed by atoms with E-state index >= 15 is 0 Å². The largest absolute Gasteiger partial charge is 0.322 e. The maximum Gasteiger partial charge on any atom is 0.322 e. The summed E-state index contributed by atoms with van der Waals surface area (Å²) in [6.45, 7) is 8.44. The number of thioether (sulfide) groups is 1. The summed E-state index contributed by atoms with van der Waals surface area (Å²) in [6, 6.07) is 6.52. The van der Waals surface area contributed by atoms with Crippen molar-refractivity contribution >= 4 is 23.5 Å². The van der Waals surface area contributed by atoms with Crippen LogP contribution in [0.5, 0.6) is 0 Å². The number of hydrogen-bond donors (Lipinski definition) is 1. The van der Waals surface area contributed by atoms with Gasteiger partial charge in [0.2, 0.25) is 0 Å². The Bertz CT molecular complexity index is 572. The average Bonchev–Trinajstić information content (AvgIpc) is 2.95. The van der Waals surface area contributed by atoms with Gasteiger partial charge < -0.3 is 15.1 Å². The molecular weight excluding hydrogens is 318 g/mol. The van der Waals surface area contributed by atoms with E-state index in [0.29, 0.717) is 6.04 Å². The molecule has 4 nitrogen and oxygen atoms in total. The van der Waals surface area contributed by atoms with Gasteiger partial charge in [0.1, 0.15) is 0 Å². The molecule has 1 N–H and O–H groups in total. The van der Waals surface area contributed by atoms with Gasteiger partial charge in [-0.05, 0) is 75.2 Å². The lowest BCUT2D eigenvalue weighted by molar-refractivity contribution is 0.173. The molecule has 2 amide bonds. The highest BCUT2D eigenvalue weighted by Gasteiger charge is 2.28. The number of rotatable bonds is 3. The number of carbonyl (C=O) groups excluding carboxylic acids is 1. The zero-order valence-electron chi connectivity index (χ0n) is 14.9. The van der Waals surface area contributed by atoms with Crippen LogP contribution in [0.1, 0.15) is 30.4 Å². The Morgan fingerprint density at radius 2 is 1.96 bits per heavy atom. The van der Waals surface area contributed by atoms with Gasteiger partial charge in [-0.15, -0.1) is 0 Å². The summed E-state index contributed by atoms with van der Waals surface area (Å²) in [4.78, 5) is 17.5. The molecule has 1 aromatic rings. The van der Waals surface area contributed by atoms with E-state index in [-0.39, 0.29) is 6.03 Å². The van der Waals surface area contributed by atoms with Crippen LogP contribution in [0.2, 0.25) is 0 Å². The smallest absolute Gasteiger partial charge is 0.319 e. The van der Waals surface area contributed by atoms with Crippen LogP contribution in [0, 0.1) is 13.8 Å². The molecule has 1 aromatic carbocycles. The first kappa shape index (κ1) is 17.6. The SMILES string of the molecule is Cc1ccc(NC(=O)N2CCCSCC2CN2CCCC2)cc1C. The Balaban J connectivity index is 1.67. The summed E-state index contributed by atoms with van der Waals surface area (Å²) in [7, 11) is 0. The molecule has 2 aliphatic rings. The maximum absolute atomic E-state index is 12.9. The predicted octanol–water partition coefficient (Wildman–Crippen LogP) is 3.74. The number of carbonyl (C=O) groups is 1. The number of amides is 2. The van der Waals surface area contributed by atoms with E-state index in [1.54, 1.807) is 0 Å². The summed E-state index contributed by atoms with van der Waals surface area (Å²) in [5.74, 6) is 2.21. The lowest BCUT2D eigenvalue weighted by Crippen LogP contribution is -2.49. The third-order valence-corrected chi connectivity index (χ3v) is 6.32. The molecule has 0 aliphatic carbocycles. The monoisotopic (exact) mass is 347 g/mol. The molecule has 0 bridgehead atoms. The highest BCUT2D eigenvalue weighted by Crippen LogP contribution is 2.21. The molecule has 3 rings (SSSR count). The standard InChI is InChI=1S/C19H29N3OS/c1-15-6-7-17(12-16(15)2)20-19(23)22-10-5-11-24-14-18(22)13-21-8-3-4-9-21/h6-7,12,18H,3-5,8-11,13-14H2,1-2H3,(H,20,23). The Kier molecular flexibility index (Phi) is 6.06. The summed E-state index contributed by atoms with van der Waals surface area (Å²) in [5.41, 5.74) is 3.37. The van der Waals surface area contributed by atoms with Crippen LogP contribution in [-0.4, -0.2) is 59.6 Å². The topological polar surface area (TPSA) is 35.6 Å². The molecule has 0 radical (unpaired) electrons. The molecule has 1 atom stereocenters. The van der Waals surface area contributed by atoms with Crippen molar-refractivity contribution in [2.75, 3.05) is 43.0 Å². The molecule has 2 fully saturated rings. The van der Waals surface area contributed by atoms with Gasteiger partial charge in [-0.2, -0.15) is 11.8 Å². The van der Waals surface area contributed by atoms with E-state index in [9.17, 15) is 4.79 Å². The summed E-state index contributed by atoms with van der Waals surface area (Å²) >= 11 is 1.99. The van der Waals surface area contributed by atoms with Crippen molar-refractivity contribution in [1.29, 1.82) is 0 Å². The van der Waals surface area contributed by atoms with Gasteiger partial charge in [-0.1, -0.05) is 6.07 Å². The molecule has 2 heterocycles. The normalized spacial score (nSPS) is 22.4. The highest BCUT2D eigenvalue weighted by atomic mass is 32.2. The third kappa shape index (κ3) is 4.45. The van der Waals surface area contributed by atoms with Crippen molar-refractivity contribution in [1.82, 2.24) is 9.80 Å². The van der Waals surface area contributed by atoms with Crippen LogP contribution in [0.3, 0.4) is 0 Å². The Labute approximate surface area is 150 Å². The van der Waals surface area contributed by atoms with Gasteiger partial charge in [-0.3, -0.25) is 0 Å². The van der Waals surface area contributed by atoms with Crippen LogP contribution in [0.25, 0.3) is 0 Å². The van der Waals surface area contributed by atoms with E-state index in [1.165, 1.54) is 37.1 Å². The van der Waals surface area contributed by atoms with Crippen LogP contribution >= 0.6 is 11.8 Å². The quantitative estimate of drug-likeness (QED) is 0.905. The zero-order chi connectivity index (χ0) is 16.9. The first-order chi connectivity index (χ1) is 11.6. The first-order valence-electron chi connectivity index (χ1n) is 9.08. The predicted molar refractivity (Wildman–Crippen MR) is 103 cm³/mol. The number of aryl methyl sites for hydroxylation is 2. The number of nitrogens with one attached hydrogen (secondary N) is 1. The van der Waals surface area contributed by atoms with Gasteiger partial charge in [0, 0.05) is 24.5 Å². The fourth-order valence-corrected chi connectivity index (χ4v) is 4.58. The van der Waals surface area contributed by atoms with Crippen LogP contribution in [-0.2, 0) is 0 Å². The van der Waals surface area contributed by atoms with Crippen molar-refractivity contribution in [2.24, 2.45) is 0 Å². The second-order valence-electron chi connectivity index (χ2n) is 7.01. The Morgan fingerprint density at radius 1 is 1.17 bits per heavy atom. The van der Waals surface area contributed by atoms with Crippen LogP contribution < -0.4 is 5.32 Å². The Hall–Kier alpha value is -1.20. The Morgan fingerprint density at radius 3 is 2.71 bits per heavy atom. The van der Waals surface area contributed by atoms with E-state index < -0.39 is 0 Å². The van der Waals surface area contributed by atoms with E-state index in [1.807, 2.05) is 17.8 Å². The van der Waals surface area contributed by atoms with Crippen molar-refractivity contribution in [3.05, 3.63) is 29.3 Å². The fourth-order valence-electron chi connectivity index (χ4n) is 3.53.